The van der Waals surface area contributed by atoms with Crippen LogP contribution in [0, 0.1) is 17.1 Å². The van der Waals surface area contributed by atoms with Crippen LogP contribution in [0.3, 0.4) is 0 Å². The Morgan fingerprint density at radius 2 is 2.31 bits per heavy atom. The summed E-state index contributed by atoms with van der Waals surface area (Å²) in [6.07, 6.45) is 2.06. The van der Waals surface area contributed by atoms with Crippen LogP contribution in [0.4, 0.5) is 4.39 Å². The lowest BCUT2D eigenvalue weighted by Crippen LogP contribution is -1.93. The molecule has 0 bridgehead atoms. The van der Waals surface area contributed by atoms with Crippen LogP contribution in [-0.4, -0.2) is 18.2 Å². The standard InChI is InChI=1S/C11H8FNO3/c1-16-10-5-8(6-13)9(12)4-7(10)2-3-11(14)15/h2-5H,1H3,(H,14,15)/b3-2+. The van der Waals surface area contributed by atoms with E-state index in [-0.39, 0.29) is 16.9 Å². The van der Waals surface area contributed by atoms with E-state index in [0.717, 1.165) is 12.1 Å². The Morgan fingerprint density at radius 3 is 2.81 bits per heavy atom. The third-order valence-electron chi connectivity index (χ3n) is 1.85. The molecular formula is C11H8FNO3. The summed E-state index contributed by atoms with van der Waals surface area (Å²) < 4.78 is 18.1. The Kier molecular flexibility index (Phi) is 3.62. The molecule has 0 aliphatic rings. The zero-order chi connectivity index (χ0) is 12.1. The van der Waals surface area contributed by atoms with E-state index in [4.69, 9.17) is 15.1 Å². The molecule has 0 aliphatic carbocycles. The lowest BCUT2D eigenvalue weighted by molar-refractivity contribution is -0.131. The van der Waals surface area contributed by atoms with Gasteiger partial charge in [0.2, 0.25) is 0 Å². The van der Waals surface area contributed by atoms with Gasteiger partial charge in [0.1, 0.15) is 17.6 Å². The maximum Gasteiger partial charge on any atom is 0.328 e. The van der Waals surface area contributed by atoms with E-state index in [9.17, 15) is 9.18 Å². The number of carboxylic acids is 1. The van der Waals surface area contributed by atoms with Gasteiger partial charge in [-0.25, -0.2) is 9.18 Å². The second-order valence-electron chi connectivity index (χ2n) is 2.86. The van der Waals surface area contributed by atoms with Crippen LogP contribution in [0.1, 0.15) is 11.1 Å². The van der Waals surface area contributed by atoms with E-state index in [2.05, 4.69) is 0 Å². The summed E-state index contributed by atoms with van der Waals surface area (Å²) in [5, 5.41) is 17.0. The quantitative estimate of drug-likeness (QED) is 0.790. The van der Waals surface area contributed by atoms with Crippen LogP contribution in [0.25, 0.3) is 6.08 Å². The fourth-order valence-corrected chi connectivity index (χ4v) is 1.12. The number of halogens is 1. The third kappa shape index (κ3) is 2.58. The molecule has 1 aromatic rings. The lowest BCUT2D eigenvalue weighted by Gasteiger charge is -2.05. The average Bonchev–Trinajstić information content (AvgIpc) is 2.26. The molecule has 82 valence electrons. The lowest BCUT2D eigenvalue weighted by atomic mass is 10.1. The van der Waals surface area contributed by atoms with Crippen LogP contribution < -0.4 is 4.74 Å². The molecule has 0 spiro atoms. The number of rotatable bonds is 3. The number of nitriles is 1. The molecular weight excluding hydrogens is 213 g/mol. The zero-order valence-corrected chi connectivity index (χ0v) is 8.40. The second kappa shape index (κ2) is 4.94. The predicted molar refractivity (Wildman–Crippen MR) is 54.3 cm³/mol. The summed E-state index contributed by atoms with van der Waals surface area (Å²) in [6, 6.07) is 3.94. The summed E-state index contributed by atoms with van der Waals surface area (Å²) in [7, 11) is 1.35. The summed E-state index contributed by atoms with van der Waals surface area (Å²) in [5.41, 5.74) is 0.116. The first-order valence-corrected chi connectivity index (χ1v) is 4.27. The fraction of sp³-hybridized carbons (Fsp3) is 0.0909. The number of carbonyl (C=O) groups is 1. The second-order valence-corrected chi connectivity index (χ2v) is 2.86. The number of nitrogens with zero attached hydrogens (tertiary/aromatic N) is 1. The Hall–Kier alpha value is -2.35. The van der Waals surface area contributed by atoms with Gasteiger partial charge in [-0.2, -0.15) is 5.26 Å². The van der Waals surface area contributed by atoms with Crippen molar-refractivity contribution in [2.24, 2.45) is 0 Å². The number of carboxylic acid groups (broad SMARTS) is 1. The molecule has 1 N–H and O–H groups in total. The Balaban J connectivity index is 3.24. The van der Waals surface area contributed by atoms with Gasteiger partial charge in [-0.3, -0.25) is 0 Å². The summed E-state index contributed by atoms with van der Waals surface area (Å²) in [4.78, 5) is 10.3. The molecule has 0 fully saturated rings. The highest BCUT2D eigenvalue weighted by atomic mass is 19.1. The van der Waals surface area contributed by atoms with E-state index < -0.39 is 11.8 Å². The van der Waals surface area contributed by atoms with Gasteiger partial charge in [0, 0.05) is 17.7 Å². The predicted octanol–water partition coefficient (Wildman–Crippen LogP) is 1.80. The summed E-state index contributed by atoms with van der Waals surface area (Å²) >= 11 is 0. The normalized spacial score (nSPS) is 10.1. The van der Waals surface area contributed by atoms with E-state index in [1.807, 2.05) is 0 Å². The minimum absolute atomic E-state index is 0.149. The van der Waals surface area contributed by atoms with Gasteiger partial charge < -0.3 is 9.84 Å². The maximum absolute atomic E-state index is 13.2. The molecule has 0 heterocycles. The first-order chi connectivity index (χ1) is 7.58. The Bertz CT molecular complexity index is 489. The molecule has 1 rings (SSSR count). The number of hydrogen-bond acceptors (Lipinski definition) is 3. The van der Waals surface area contributed by atoms with Crippen LogP contribution in [-0.2, 0) is 4.79 Å². The smallest absolute Gasteiger partial charge is 0.328 e. The van der Waals surface area contributed by atoms with E-state index in [0.29, 0.717) is 0 Å². The van der Waals surface area contributed by atoms with Crippen molar-refractivity contribution in [3.63, 3.8) is 0 Å². The minimum atomic E-state index is -1.15. The van der Waals surface area contributed by atoms with Crippen molar-refractivity contribution in [3.05, 3.63) is 35.2 Å². The van der Waals surface area contributed by atoms with Crippen LogP contribution in [0.2, 0.25) is 0 Å². The SMILES string of the molecule is COc1cc(C#N)c(F)cc1/C=C/C(=O)O. The van der Waals surface area contributed by atoms with Crippen molar-refractivity contribution in [1.82, 2.24) is 0 Å². The van der Waals surface area contributed by atoms with E-state index >= 15 is 0 Å². The van der Waals surface area contributed by atoms with E-state index in [1.165, 1.54) is 19.3 Å². The first kappa shape index (κ1) is 11.7. The molecule has 0 saturated carbocycles. The Labute approximate surface area is 91.2 Å². The zero-order valence-electron chi connectivity index (χ0n) is 8.40. The van der Waals surface area contributed by atoms with Gasteiger partial charge in [0.25, 0.3) is 0 Å². The third-order valence-corrected chi connectivity index (χ3v) is 1.85. The highest BCUT2D eigenvalue weighted by molar-refractivity contribution is 5.86. The summed E-state index contributed by atoms with van der Waals surface area (Å²) in [6.45, 7) is 0. The number of ether oxygens (including phenoxy) is 1. The van der Waals surface area contributed by atoms with Gasteiger partial charge in [-0.1, -0.05) is 0 Å². The van der Waals surface area contributed by atoms with Crippen molar-refractivity contribution in [2.45, 2.75) is 0 Å². The molecule has 4 nitrogen and oxygen atoms in total. The molecule has 0 atom stereocenters. The van der Waals surface area contributed by atoms with Crippen molar-refractivity contribution in [3.8, 4) is 11.8 Å². The highest BCUT2D eigenvalue weighted by Crippen LogP contribution is 2.23. The van der Waals surface area contributed by atoms with Gasteiger partial charge in [0.05, 0.1) is 12.7 Å². The van der Waals surface area contributed by atoms with Crippen LogP contribution in [0.15, 0.2) is 18.2 Å². The van der Waals surface area contributed by atoms with Gasteiger partial charge in [0.15, 0.2) is 0 Å². The minimum Gasteiger partial charge on any atom is -0.496 e. The number of aliphatic carboxylic acids is 1. The maximum atomic E-state index is 13.2. The largest absolute Gasteiger partial charge is 0.496 e. The number of benzene rings is 1. The molecule has 16 heavy (non-hydrogen) atoms. The van der Waals surface area contributed by atoms with Crippen LogP contribution >= 0.6 is 0 Å². The molecule has 5 heteroatoms. The molecule has 0 saturated heterocycles. The summed E-state index contributed by atoms with van der Waals surface area (Å²) in [5.74, 6) is -1.62. The molecule has 0 unspecified atom stereocenters. The van der Waals surface area contributed by atoms with Gasteiger partial charge in [-0.05, 0) is 12.1 Å². The van der Waals surface area contributed by atoms with Crippen molar-refractivity contribution < 1.29 is 19.0 Å². The molecule has 1 aromatic carbocycles. The Morgan fingerprint density at radius 1 is 1.62 bits per heavy atom. The van der Waals surface area contributed by atoms with Crippen molar-refractivity contribution in [2.75, 3.05) is 7.11 Å². The molecule has 0 amide bonds. The average molecular weight is 221 g/mol. The fourth-order valence-electron chi connectivity index (χ4n) is 1.12. The molecule has 0 aromatic heterocycles. The number of methoxy groups -OCH3 is 1. The van der Waals surface area contributed by atoms with Crippen LogP contribution in [0.5, 0.6) is 5.75 Å². The first-order valence-electron chi connectivity index (χ1n) is 4.27. The van der Waals surface area contributed by atoms with E-state index in [1.54, 1.807) is 6.07 Å². The van der Waals surface area contributed by atoms with Crippen molar-refractivity contribution in [1.29, 1.82) is 5.26 Å². The van der Waals surface area contributed by atoms with Gasteiger partial charge >= 0.3 is 5.97 Å². The number of hydrogen-bond donors (Lipinski definition) is 1. The molecule has 0 radical (unpaired) electrons. The van der Waals surface area contributed by atoms with Crippen molar-refractivity contribution >= 4 is 12.0 Å². The topological polar surface area (TPSA) is 70.3 Å². The molecule has 0 aliphatic heterocycles. The highest BCUT2D eigenvalue weighted by Gasteiger charge is 2.08. The monoisotopic (exact) mass is 221 g/mol. The van der Waals surface area contributed by atoms with Gasteiger partial charge in [-0.15, -0.1) is 0 Å².